The Morgan fingerprint density at radius 2 is 1.67 bits per heavy atom. The second-order valence-corrected chi connectivity index (χ2v) is 9.94. The first-order valence-electron chi connectivity index (χ1n) is 11.0. The van der Waals surface area contributed by atoms with Gasteiger partial charge in [-0.2, -0.15) is 0 Å². The molecule has 0 atom stereocenters. The number of H-pyrrole nitrogens is 2. The van der Waals surface area contributed by atoms with Crippen molar-refractivity contribution < 1.29 is 4.74 Å². The van der Waals surface area contributed by atoms with E-state index in [4.69, 9.17) is 21.3 Å². The van der Waals surface area contributed by atoms with Gasteiger partial charge in [0.1, 0.15) is 11.4 Å². The van der Waals surface area contributed by atoms with Crippen LogP contribution in [0.1, 0.15) is 44.2 Å². The van der Waals surface area contributed by atoms with Crippen molar-refractivity contribution in [3.8, 4) is 22.9 Å². The van der Waals surface area contributed by atoms with E-state index >= 15 is 0 Å². The predicted octanol–water partition coefficient (Wildman–Crippen LogP) is 6.84. The van der Waals surface area contributed by atoms with E-state index in [1.165, 1.54) is 38.5 Å². The molecule has 154 valence electrons. The molecule has 0 aliphatic heterocycles. The van der Waals surface area contributed by atoms with Gasteiger partial charge in [0.25, 0.3) is 0 Å². The molecule has 2 heterocycles. The molecule has 3 aromatic rings. The molecule has 4 bridgehead atoms. The number of aromatic nitrogens is 2. The minimum Gasteiger partial charge on any atom is -0.455 e. The van der Waals surface area contributed by atoms with Crippen LogP contribution in [0.4, 0.5) is 0 Å². The number of halogens is 1. The summed E-state index contributed by atoms with van der Waals surface area (Å²) in [5, 5.41) is 0.701. The summed E-state index contributed by atoms with van der Waals surface area (Å²) in [6.07, 6.45) is 12.0. The molecule has 0 radical (unpaired) electrons. The van der Waals surface area contributed by atoms with Gasteiger partial charge in [-0.15, -0.1) is 0 Å². The first-order valence-corrected chi connectivity index (χ1v) is 11.4. The number of aliphatic imine (C=N–C) groups is 1. The fourth-order valence-electron chi connectivity index (χ4n) is 6.33. The Morgan fingerprint density at radius 1 is 0.967 bits per heavy atom. The van der Waals surface area contributed by atoms with Crippen LogP contribution >= 0.6 is 11.6 Å². The normalized spacial score (nSPS) is 29.7. The van der Waals surface area contributed by atoms with Crippen LogP contribution in [-0.4, -0.2) is 21.7 Å². The molecule has 0 spiro atoms. The number of nitrogens with one attached hydrogen (secondary N) is 2. The monoisotopic (exact) mass is 419 g/mol. The van der Waals surface area contributed by atoms with E-state index < -0.39 is 0 Å². The van der Waals surface area contributed by atoms with Crippen molar-refractivity contribution in [2.45, 2.75) is 44.1 Å². The van der Waals surface area contributed by atoms with Crippen LogP contribution in [0.2, 0.25) is 5.02 Å². The van der Waals surface area contributed by atoms with E-state index in [0.29, 0.717) is 5.02 Å². The highest BCUT2D eigenvalue weighted by molar-refractivity contribution is 6.30. The smallest absolute Gasteiger partial charge is 0.154 e. The average Bonchev–Trinajstić information content (AvgIpc) is 3.37. The van der Waals surface area contributed by atoms with Gasteiger partial charge < -0.3 is 14.7 Å². The zero-order valence-corrected chi connectivity index (χ0v) is 17.7. The second kappa shape index (κ2) is 7.05. The zero-order chi connectivity index (χ0) is 20.1. The third kappa shape index (κ3) is 3.37. The molecule has 4 saturated carbocycles. The number of hydrogen-bond acceptors (Lipinski definition) is 2. The Hall–Kier alpha value is -2.46. The standard InChI is InChI=1S/C25H26ClN3O/c26-19-3-5-20(6-4-19)30-24-11-22(21-2-1-7-27-21)29-23(24)15-28-25-12-16-8-17(13-25)10-18(9-16)14-25/h1-7,11,15-18,27,29H,8-10,12-14H2. The molecule has 4 fully saturated rings. The molecule has 30 heavy (non-hydrogen) atoms. The van der Waals surface area contributed by atoms with Crippen LogP contribution < -0.4 is 4.74 Å². The van der Waals surface area contributed by atoms with Crippen molar-refractivity contribution in [1.29, 1.82) is 0 Å². The lowest BCUT2D eigenvalue weighted by molar-refractivity contribution is 0.00194. The van der Waals surface area contributed by atoms with Gasteiger partial charge in [-0.05, 0) is 92.7 Å². The summed E-state index contributed by atoms with van der Waals surface area (Å²) in [6.45, 7) is 0. The maximum absolute atomic E-state index is 6.22. The topological polar surface area (TPSA) is 53.2 Å². The molecule has 4 aliphatic carbocycles. The minimum absolute atomic E-state index is 0.143. The molecule has 2 N–H and O–H groups in total. The highest BCUT2D eigenvalue weighted by Crippen LogP contribution is 2.57. The van der Waals surface area contributed by atoms with E-state index in [9.17, 15) is 0 Å². The maximum atomic E-state index is 6.22. The molecule has 1 aromatic carbocycles. The van der Waals surface area contributed by atoms with Crippen molar-refractivity contribution >= 4 is 17.8 Å². The van der Waals surface area contributed by atoms with Crippen molar-refractivity contribution in [1.82, 2.24) is 9.97 Å². The van der Waals surface area contributed by atoms with E-state index in [2.05, 4.69) is 16.0 Å². The summed E-state index contributed by atoms with van der Waals surface area (Å²) in [7, 11) is 0. The Bertz CT molecular complexity index is 1030. The molecular formula is C25H26ClN3O. The summed E-state index contributed by atoms with van der Waals surface area (Å²) in [6, 6.07) is 13.6. The average molecular weight is 420 g/mol. The van der Waals surface area contributed by atoms with E-state index in [1.54, 1.807) is 0 Å². The van der Waals surface area contributed by atoms with Gasteiger partial charge in [0.05, 0.1) is 16.9 Å². The summed E-state index contributed by atoms with van der Waals surface area (Å²) in [4.78, 5) is 12.0. The van der Waals surface area contributed by atoms with Gasteiger partial charge in [0, 0.05) is 23.5 Å². The van der Waals surface area contributed by atoms with Crippen LogP contribution in [0.15, 0.2) is 53.7 Å². The van der Waals surface area contributed by atoms with Crippen LogP contribution in [0.25, 0.3) is 11.4 Å². The number of benzene rings is 1. The SMILES string of the molecule is Clc1ccc(Oc2cc(-c3ccc[nH]3)[nH]c2C=NC23CC4CC(CC(C4)C2)C3)cc1. The van der Waals surface area contributed by atoms with Crippen molar-refractivity contribution in [2.75, 3.05) is 0 Å². The zero-order valence-electron chi connectivity index (χ0n) is 16.9. The van der Waals surface area contributed by atoms with Crippen LogP contribution in [-0.2, 0) is 0 Å². The lowest BCUT2D eigenvalue weighted by Gasteiger charge is -2.54. The highest BCUT2D eigenvalue weighted by atomic mass is 35.5. The lowest BCUT2D eigenvalue weighted by Crippen LogP contribution is -2.49. The predicted molar refractivity (Wildman–Crippen MR) is 121 cm³/mol. The summed E-state index contributed by atoms with van der Waals surface area (Å²) in [5.41, 5.74) is 3.09. The Morgan fingerprint density at radius 3 is 2.30 bits per heavy atom. The number of nitrogens with zero attached hydrogens (tertiary/aromatic N) is 1. The fraction of sp³-hybridized carbons (Fsp3) is 0.400. The van der Waals surface area contributed by atoms with E-state index in [0.717, 1.165) is 46.3 Å². The maximum Gasteiger partial charge on any atom is 0.154 e. The fourth-order valence-corrected chi connectivity index (χ4v) is 6.46. The summed E-state index contributed by atoms with van der Waals surface area (Å²) in [5.74, 6) is 4.21. The third-order valence-electron chi connectivity index (χ3n) is 7.21. The number of aromatic amines is 2. The molecule has 5 heteroatoms. The van der Waals surface area contributed by atoms with E-state index in [1.807, 2.05) is 48.8 Å². The number of rotatable bonds is 5. The molecule has 7 rings (SSSR count). The Labute approximate surface area is 181 Å². The summed E-state index contributed by atoms with van der Waals surface area (Å²) >= 11 is 6.03. The van der Waals surface area contributed by atoms with Crippen molar-refractivity contribution in [3.63, 3.8) is 0 Å². The van der Waals surface area contributed by atoms with E-state index in [-0.39, 0.29) is 5.54 Å². The quantitative estimate of drug-likeness (QED) is 0.437. The molecule has 4 nitrogen and oxygen atoms in total. The second-order valence-electron chi connectivity index (χ2n) is 9.50. The molecular weight excluding hydrogens is 394 g/mol. The third-order valence-corrected chi connectivity index (χ3v) is 7.47. The Balaban J connectivity index is 1.33. The molecule has 4 aliphatic rings. The van der Waals surface area contributed by atoms with Crippen LogP contribution in [0.5, 0.6) is 11.5 Å². The van der Waals surface area contributed by atoms with Gasteiger partial charge in [0.2, 0.25) is 0 Å². The minimum atomic E-state index is 0.143. The molecule has 0 unspecified atom stereocenters. The Kier molecular flexibility index (Phi) is 4.31. The largest absolute Gasteiger partial charge is 0.455 e. The van der Waals surface area contributed by atoms with Gasteiger partial charge in [-0.25, -0.2) is 0 Å². The van der Waals surface area contributed by atoms with Gasteiger partial charge in [-0.1, -0.05) is 11.6 Å². The summed E-state index contributed by atoms with van der Waals surface area (Å²) < 4.78 is 6.22. The first kappa shape index (κ1) is 18.3. The lowest BCUT2D eigenvalue weighted by atomic mass is 9.53. The van der Waals surface area contributed by atoms with Crippen molar-refractivity contribution in [3.05, 3.63) is 59.4 Å². The molecule has 0 amide bonds. The number of ether oxygens (including phenoxy) is 1. The number of hydrogen-bond donors (Lipinski definition) is 2. The molecule has 0 saturated heterocycles. The van der Waals surface area contributed by atoms with Gasteiger partial charge >= 0.3 is 0 Å². The highest BCUT2D eigenvalue weighted by Gasteiger charge is 2.50. The van der Waals surface area contributed by atoms with Gasteiger partial charge in [0.15, 0.2) is 5.75 Å². The van der Waals surface area contributed by atoms with Crippen LogP contribution in [0, 0.1) is 17.8 Å². The van der Waals surface area contributed by atoms with Crippen LogP contribution in [0.3, 0.4) is 0 Å². The molecule has 2 aromatic heterocycles. The van der Waals surface area contributed by atoms with Crippen molar-refractivity contribution in [2.24, 2.45) is 22.7 Å². The first-order chi connectivity index (χ1) is 14.6. The van der Waals surface area contributed by atoms with Gasteiger partial charge in [-0.3, -0.25) is 4.99 Å².